The third-order valence-corrected chi connectivity index (χ3v) is 6.89. The van der Waals surface area contributed by atoms with Gasteiger partial charge in [-0.2, -0.15) is 0 Å². The van der Waals surface area contributed by atoms with Gasteiger partial charge < -0.3 is 24.3 Å². The molecule has 34 heavy (non-hydrogen) atoms. The second-order valence-corrected chi connectivity index (χ2v) is 9.24. The molecule has 1 fully saturated rings. The molecule has 9 heteroatoms. The van der Waals surface area contributed by atoms with Gasteiger partial charge in [0.15, 0.2) is 5.69 Å². The first-order valence-corrected chi connectivity index (χ1v) is 11.8. The molecule has 9 nitrogen and oxygen atoms in total. The third-order valence-electron chi connectivity index (χ3n) is 6.89. The van der Waals surface area contributed by atoms with Gasteiger partial charge in [0.05, 0.1) is 27.1 Å². The van der Waals surface area contributed by atoms with Gasteiger partial charge in [-0.15, -0.1) is 0 Å². The van der Waals surface area contributed by atoms with Gasteiger partial charge in [-0.3, -0.25) is 9.59 Å². The van der Waals surface area contributed by atoms with E-state index in [0.717, 1.165) is 31.2 Å². The Morgan fingerprint density at radius 3 is 2.59 bits per heavy atom. The maximum atomic E-state index is 13.8. The predicted molar refractivity (Wildman–Crippen MR) is 124 cm³/mol. The number of carbonyl (C=O) groups excluding carboxylic acids is 3. The van der Waals surface area contributed by atoms with Crippen LogP contribution < -0.4 is 10.1 Å². The molecule has 0 radical (unpaired) electrons. The van der Waals surface area contributed by atoms with Crippen LogP contribution in [-0.2, 0) is 22.6 Å². The Morgan fingerprint density at radius 2 is 1.91 bits per heavy atom. The molecule has 1 N–H and O–H groups in total. The van der Waals surface area contributed by atoms with E-state index in [4.69, 9.17) is 9.47 Å². The van der Waals surface area contributed by atoms with Crippen molar-refractivity contribution >= 4 is 17.8 Å². The van der Waals surface area contributed by atoms with Gasteiger partial charge in [-0.05, 0) is 37.5 Å². The fourth-order valence-electron chi connectivity index (χ4n) is 4.90. The van der Waals surface area contributed by atoms with Crippen LogP contribution in [0.1, 0.15) is 72.0 Å². The molecule has 1 atom stereocenters. The Morgan fingerprint density at radius 1 is 1.18 bits per heavy atom. The lowest BCUT2D eigenvalue weighted by molar-refractivity contribution is -0.134. The molecule has 4 rings (SSSR count). The van der Waals surface area contributed by atoms with Crippen LogP contribution in [0.3, 0.4) is 0 Å². The average Bonchev–Trinajstić information content (AvgIpc) is 3.09. The van der Waals surface area contributed by atoms with Gasteiger partial charge in [-0.1, -0.05) is 37.8 Å². The number of nitrogens with zero attached hydrogens (tertiary/aromatic N) is 3. The van der Waals surface area contributed by atoms with Crippen molar-refractivity contribution in [3.05, 3.63) is 47.5 Å². The molecule has 1 saturated carbocycles. The smallest absolute Gasteiger partial charge is 0.359 e. The molecule has 2 aromatic rings. The molecule has 0 bridgehead atoms. The highest BCUT2D eigenvalue weighted by molar-refractivity contribution is 6.06. The molecule has 1 unspecified atom stereocenters. The van der Waals surface area contributed by atoms with Gasteiger partial charge in [0.2, 0.25) is 5.91 Å². The number of imidazole rings is 1. The molecule has 2 aliphatic rings. The number of rotatable bonds is 6. The van der Waals surface area contributed by atoms with Crippen molar-refractivity contribution in [3.63, 3.8) is 0 Å². The zero-order valence-corrected chi connectivity index (χ0v) is 20.0. The highest BCUT2D eigenvalue weighted by Gasteiger charge is 2.49. The molecule has 0 spiro atoms. The summed E-state index contributed by atoms with van der Waals surface area (Å²) in [5.74, 6) is -0.665. The summed E-state index contributed by atoms with van der Waals surface area (Å²) in [7, 11) is 2.83. The van der Waals surface area contributed by atoms with E-state index in [1.54, 1.807) is 18.6 Å². The first kappa shape index (κ1) is 23.8. The summed E-state index contributed by atoms with van der Waals surface area (Å²) in [5.41, 5.74) is -0.272. The number of hydrogen-bond donors (Lipinski definition) is 1. The zero-order chi connectivity index (χ0) is 24.3. The topological polar surface area (TPSA) is 103 Å². The summed E-state index contributed by atoms with van der Waals surface area (Å²) in [4.78, 5) is 45.4. The lowest BCUT2D eigenvalue weighted by Crippen LogP contribution is -2.64. The standard InChI is InChI=1S/C25H32N4O5/c1-25(24(32)27-18-10-6-4-5-7-11-18)15-28-16-26-20(23(31)34-3)21(28)22(30)29(25)14-17-9-8-12-19(13-17)33-2/h8-9,12-13,16,18H,4-7,10-11,14-15H2,1-3H3,(H,27,32). The quantitative estimate of drug-likeness (QED) is 0.517. The van der Waals surface area contributed by atoms with Crippen molar-refractivity contribution in [2.45, 2.75) is 70.1 Å². The van der Waals surface area contributed by atoms with Crippen molar-refractivity contribution in [2.24, 2.45) is 0 Å². The number of hydrogen-bond acceptors (Lipinski definition) is 6. The molecule has 1 aromatic heterocycles. The van der Waals surface area contributed by atoms with Crippen molar-refractivity contribution in [2.75, 3.05) is 14.2 Å². The van der Waals surface area contributed by atoms with Crippen LogP contribution in [0.2, 0.25) is 0 Å². The summed E-state index contributed by atoms with van der Waals surface area (Å²) >= 11 is 0. The van der Waals surface area contributed by atoms with Crippen LogP contribution in [0.5, 0.6) is 5.75 Å². The van der Waals surface area contributed by atoms with Crippen LogP contribution in [0.4, 0.5) is 0 Å². The molecular formula is C25H32N4O5. The summed E-state index contributed by atoms with van der Waals surface area (Å²) in [5, 5.41) is 3.22. The SMILES string of the molecule is COC(=O)c1ncn2c1C(=O)N(Cc1cccc(OC)c1)C(C)(C(=O)NC1CCCCCC1)C2. The van der Waals surface area contributed by atoms with E-state index in [-0.39, 0.29) is 36.4 Å². The second-order valence-electron chi connectivity index (χ2n) is 9.24. The lowest BCUT2D eigenvalue weighted by atomic mass is 9.92. The summed E-state index contributed by atoms with van der Waals surface area (Å²) in [6.45, 7) is 2.13. The fourth-order valence-corrected chi connectivity index (χ4v) is 4.90. The van der Waals surface area contributed by atoms with Gasteiger partial charge in [-0.25, -0.2) is 9.78 Å². The first-order chi connectivity index (χ1) is 16.4. The molecule has 2 heterocycles. The highest BCUT2D eigenvalue weighted by Crippen LogP contribution is 2.32. The van der Waals surface area contributed by atoms with Crippen LogP contribution in [0.15, 0.2) is 30.6 Å². The van der Waals surface area contributed by atoms with Crippen LogP contribution in [-0.4, -0.2) is 58.0 Å². The summed E-state index contributed by atoms with van der Waals surface area (Å²) < 4.78 is 11.7. The van der Waals surface area contributed by atoms with Crippen molar-refractivity contribution in [1.29, 1.82) is 0 Å². The van der Waals surface area contributed by atoms with Gasteiger partial charge in [0, 0.05) is 12.6 Å². The normalized spacial score (nSPS) is 20.9. The average molecular weight is 469 g/mol. The Balaban J connectivity index is 1.70. The third kappa shape index (κ3) is 4.51. The minimum absolute atomic E-state index is 0.0469. The maximum absolute atomic E-state index is 13.8. The Hall–Kier alpha value is -3.36. The van der Waals surface area contributed by atoms with E-state index in [1.807, 2.05) is 24.3 Å². The van der Waals surface area contributed by atoms with Crippen molar-refractivity contribution in [1.82, 2.24) is 19.8 Å². The number of methoxy groups -OCH3 is 2. The van der Waals surface area contributed by atoms with Crippen LogP contribution in [0.25, 0.3) is 0 Å². The second kappa shape index (κ2) is 9.87. The molecule has 1 aliphatic carbocycles. The van der Waals surface area contributed by atoms with Crippen LogP contribution >= 0.6 is 0 Å². The van der Waals surface area contributed by atoms with Crippen LogP contribution in [0, 0.1) is 0 Å². The van der Waals surface area contributed by atoms with Gasteiger partial charge in [0.25, 0.3) is 5.91 Å². The fraction of sp³-hybridized carbons (Fsp3) is 0.520. The summed E-state index contributed by atoms with van der Waals surface area (Å²) in [6, 6.07) is 7.48. The number of carbonyl (C=O) groups is 3. The number of aromatic nitrogens is 2. The number of esters is 1. The van der Waals surface area contributed by atoms with Crippen molar-refractivity contribution in [3.8, 4) is 5.75 Å². The van der Waals surface area contributed by atoms with Crippen molar-refractivity contribution < 1.29 is 23.9 Å². The highest BCUT2D eigenvalue weighted by atomic mass is 16.5. The number of nitrogens with one attached hydrogen (secondary N) is 1. The monoisotopic (exact) mass is 468 g/mol. The predicted octanol–water partition coefficient (Wildman–Crippen LogP) is 2.93. The van der Waals surface area contributed by atoms with E-state index in [1.165, 1.54) is 31.2 Å². The van der Waals surface area contributed by atoms with E-state index in [0.29, 0.717) is 5.75 Å². The molecule has 1 aliphatic heterocycles. The summed E-state index contributed by atoms with van der Waals surface area (Å²) in [6.07, 6.45) is 7.84. The van der Waals surface area contributed by atoms with E-state index in [9.17, 15) is 14.4 Å². The molecule has 2 amide bonds. The molecular weight excluding hydrogens is 436 g/mol. The number of ether oxygens (including phenoxy) is 2. The Kier molecular flexibility index (Phi) is 6.90. The minimum Gasteiger partial charge on any atom is -0.497 e. The largest absolute Gasteiger partial charge is 0.497 e. The molecule has 0 saturated heterocycles. The van der Waals surface area contributed by atoms with E-state index >= 15 is 0 Å². The number of benzene rings is 1. The molecule has 1 aromatic carbocycles. The van der Waals surface area contributed by atoms with E-state index in [2.05, 4.69) is 10.3 Å². The number of fused-ring (bicyclic) bond motifs is 1. The molecule has 182 valence electrons. The lowest BCUT2D eigenvalue weighted by Gasteiger charge is -2.44. The zero-order valence-electron chi connectivity index (χ0n) is 20.0. The first-order valence-electron chi connectivity index (χ1n) is 11.8. The number of amides is 2. The minimum atomic E-state index is -1.17. The van der Waals surface area contributed by atoms with Gasteiger partial charge in [0.1, 0.15) is 17.0 Å². The maximum Gasteiger partial charge on any atom is 0.359 e. The van der Waals surface area contributed by atoms with Gasteiger partial charge >= 0.3 is 5.97 Å². The Labute approximate surface area is 199 Å². The Bertz CT molecular complexity index is 1070. The van der Waals surface area contributed by atoms with E-state index < -0.39 is 17.4 Å².